The van der Waals surface area contributed by atoms with E-state index in [1.54, 1.807) is 24.0 Å². The lowest BCUT2D eigenvalue weighted by Gasteiger charge is -2.21. The van der Waals surface area contributed by atoms with Gasteiger partial charge in [-0.25, -0.2) is 8.42 Å². The Labute approximate surface area is 162 Å². The molecular formula is C19H18N4O4S. The SMILES string of the molecule is Cn1nccc1C(NS(=O)(=O)c1ccc2c(c1)NC(=O)CO2)c1ccccc1. The summed E-state index contributed by atoms with van der Waals surface area (Å²) < 4.78 is 35.9. The van der Waals surface area contributed by atoms with Crippen LogP contribution >= 0.6 is 0 Å². The zero-order valence-electron chi connectivity index (χ0n) is 15.0. The third-order valence-electron chi connectivity index (χ3n) is 4.45. The average Bonchev–Trinajstić information content (AvgIpc) is 3.12. The minimum Gasteiger partial charge on any atom is -0.482 e. The molecule has 0 aliphatic carbocycles. The Kier molecular flexibility index (Phi) is 4.62. The molecule has 1 aliphatic heterocycles. The summed E-state index contributed by atoms with van der Waals surface area (Å²) in [5.41, 5.74) is 1.81. The lowest BCUT2D eigenvalue weighted by Crippen LogP contribution is -2.31. The Morgan fingerprint density at radius 1 is 1.18 bits per heavy atom. The Morgan fingerprint density at radius 2 is 1.96 bits per heavy atom. The van der Waals surface area contributed by atoms with Gasteiger partial charge in [0, 0.05) is 13.2 Å². The van der Waals surface area contributed by atoms with Gasteiger partial charge in [0.15, 0.2) is 6.61 Å². The van der Waals surface area contributed by atoms with Gasteiger partial charge in [-0.15, -0.1) is 0 Å². The number of ether oxygens (including phenoxy) is 1. The number of nitrogens with zero attached hydrogens (tertiary/aromatic N) is 2. The van der Waals surface area contributed by atoms with Crippen molar-refractivity contribution in [2.45, 2.75) is 10.9 Å². The highest BCUT2D eigenvalue weighted by Crippen LogP contribution is 2.31. The monoisotopic (exact) mass is 398 g/mol. The predicted molar refractivity (Wildman–Crippen MR) is 102 cm³/mol. The number of amides is 1. The van der Waals surface area contributed by atoms with Crippen LogP contribution in [0.3, 0.4) is 0 Å². The second-order valence-electron chi connectivity index (χ2n) is 6.34. The number of nitrogens with one attached hydrogen (secondary N) is 2. The summed E-state index contributed by atoms with van der Waals surface area (Å²) in [7, 11) is -2.14. The summed E-state index contributed by atoms with van der Waals surface area (Å²) in [4.78, 5) is 11.6. The van der Waals surface area contributed by atoms with Gasteiger partial charge in [0.1, 0.15) is 5.75 Å². The molecule has 1 amide bonds. The molecule has 28 heavy (non-hydrogen) atoms. The third kappa shape index (κ3) is 3.49. The van der Waals surface area contributed by atoms with Crippen LogP contribution in [0.2, 0.25) is 0 Å². The van der Waals surface area contributed by atoms with E-state index in [1.165, 1.54) is 18.2 Å². The molecule has 9 heteroatoms. The van der Waals surface area contributed by atoms with Gasteiger partial charge in [-0.2, -0.15) is 9.82 Å². The summed E-state index contributed by atoms with van der Waals surface area (Å²) in [5, 5.41) is 6.77. The van der Waals surface area contributed by atoms with Crippen molar-refractivity contribution in [1.82, 2.24) is 14.5 Å². The number of aryl methyl sites for hydroxylation is 1. The van der Waals surface area contributed by atoms with E-state index >= 15 is 0 Å². The molecule has 2 aromatic carbocycles. The average molecular weight is 398 g/mol. The maximum atomic E-state index is 13.1. The molecule has 1 atom stereocenters. The Bertz CT molecular complexity index is 1130. The zero-order chi connectivity index (χ0) is 19.7. The smallest absolute Gasteiger partial charge is 0.262 e. The van der Waals surface area contributed by atoms with E-state index < -0.39 is 16.1 Å². The van der Waals surface area contributed by atoms with Gasteiger partial charge in [0.05, 0.1) is 22.3 Å². The van der Waals surface area contributed by atoms with Gasteiger partial charge in [-0.1, -0.05) is 30.3 Å². The molecule has 4 rings (SSSR count). The molecule has 0 saturated carbocycles. The summed E-state index contributed by atoms with van der Waals surface area (Å²) in [5.74, 6) is 0.108. The van der Waals surface area contributed by atoms with Gasteiger partial charge in [0.2, 0.25) is 10.0 Å². The summed E-state index contributed by atoms with van der Waals surface area (Å²) in [6.45, 7) is -0.0894. The molecule has 8 nitrogen and oxygen atoms in total. The first-order valence-electron chi connectivity index (χ1n) is 8.56. The lowest BCUT2D eigenvalue weighted by molar-refractivity contribution is -0.118. The van der Waals surface area contributed by atoms with Crippen LogP contribution in [0, 0.1) is 0 Å². The fourth-order valence-corrected chi connectivity index (χ4v) is 4.29. The number of carbonyl (C=O) groups is 1. The molecule has 0 saturated heterocycles. The maximum absolute atomic E-state index is 13.1. The maximum Gasteiger partial charge on any atom is 0.262 e. The molecule has 1 aliphatic rings. The normalized spacial score (nSPS) is 14.7. The van der Waals surface area contributed by atoms with Gasteiger partial charge in [0.25, 0.3) is 5.91 Å². The molecule has 2 N–H and O–H groups in total. The number of carbonyl (C=O) groups excluding carboxylic acids is 1. The third-order valence-corrected chi connectivity index (χ3v) is 5.88. The number of sulfonamides is 1. The Morgan fingerprint density at radius 3 is 2.68 bits per heavy atom. The van der Waals surface area contributed by atoms with Gasteiger partial charge in [-0.05, 0) is 29.8 Å². The highest BCUT2D eigenvalue weighted by molar-refractivity contribution is 7.89. The fourth-order valence-electron chi connectivity index (χ4n) is 3.06. The number of fused-ring (bicyclic) bond motifs is 1. The first kappa shape index (κ1) is 18.2. The molecule has 0 radical (unpaired) electrons. The van der Waals surface area contributed by atoms with Crippen LogP contribution in [0.4, 0.5) is 5.69 Å². The van der Waals surface area contributed by atoms with E-state index in [2.05, 4.69) is 15.1 Å². The predicted octanol–water partition coefficient (Wildman–Crippen LogP) is 1.82. The van der Waals surface area contributed by atoms with Crippen molar-refractivity contribution in [3.05, 3.63) is 72.1 Å². The second-order valence-corrected chi connectivity index (χ2v) is 8.05. The molecule has 1 unspecified atom stereocenters. The van der Waals surface area contributed by atoms with Crippen LogP contribution in [-0.4, -0.2) is 30.7 Å². The van der Waals surface area contributed by atoms with Crippen molar-refractivity contribution < 1.29 is 17.9 Å². The summed E-state index contributed by atoms with van der Waals surface area (Å²) >= 11 is 0. The van der Waals surface area contributed by atoms with Crippen LogP contribution in [0.15, 0.2) is 65.7 Å². The van der Waals surface area contributed by atoms with Crippen molar-refractivity contribution in [3.8, 4) is 5.75 Å². The fraction of sp³-hybridized carbons (Fsp3) is 0.158. The molecule has 2 heterocycles. The minimum absolute atomic E-state index is 0.0279. The van der Waals surface area contributed by atoms with E-state index in [1.807, 2.05) is 30.3 Å². The van der Waals surface area contributed by atoms with Gasteiger partial charge in [-0.3, -0.25) is 9.48 Å². The number of hydrogen-bond acceptors (Lipinski definition) is 5. The molecule has 3 aromatic rings. The van der Waals surface area contributed by atoms with Crippen molar-refractivity contribution in [3.63, 3.8) is 0 Å². The molecule has 0 spiro atoms. The molecule has 0 bridgehead atoms. The second kappa shape index (κ2) is 7.10. The molecule has 144 valence electrons. The van der Waals surface area contributed by atoms with Gasteiger partial charge >= 0.3 is 0 Å². The number of hydrogen-bond donors (Lipinski definition) is 2. The number of anilines is 1. The standard InChI is InChI=1S/C19H18N4O4S/c1-23-16(9-10-20-23)19(13-5-3-2-4-6-13)22-28(25,26)14-7-8-17-15(11-14)21-18(24)12-27-17/h2-11,19,22H,12H2,1H3,(H,21,24). The van der Waals surface area contributed by atoms with E-state index in [9.17, 15) is 13.2 Å². The topological polar surface area (TPSA) is 102 Å². The summed E-state index contributed by atoms with van der Waals surface area (Å²) in [6.07, 6.45) is 1.62. The van der Waals surface area contributed by atoms with Crippen molar-refractivity contribution >= 4 is 21.6 Å². The first-order chi connectivity index (χ1) is 13.4. The van der Waals surface area contributed by atoms with Crippen molar-refractivity contribution in [2.75, 3.05) is 11.9 Å². The quantitative estimate of drug-likeness (QED) is 0.683. The van der Waals surface area contributed by atoms with Crippen LogP contribution in [0.25, 0.3) is 0 Å². The minimum atomic E-state index is -3.90. The van der Waals surface area contributed by atoms with Crippen LogP contribution in [0.1, 0.15) is 17.3 Å². The molecular weight excluding hydrogens is 380 g/mol. The molecule has 1 aromatic heterocycles. The Hall–Kier alpha value is -3.17. The first-order valence-corrected chi connectivity index (χ1v) is 10.0. The molecule has 0 fully saturated rings. The summed E-state index contributed by atoms with van der Waals surface area (Å²) in [6, 6.07) is 14.8. The highest BCUT2D eigenvalue weighted by Gasteiger charge is 2.26. The number of benzene rings is 2. The number of rotatable bonds is 5. The van der Waals surface area contributed by atoms with Crippen LogP contribution in [0.5, 0.6) is 5.75 Å². The van der Waals surface area contributed by atoms with E-state index in [4.69, 9.17) is 4.74 Å². The van der Waals surface area contributed by atoms with Gasteiger partial charge < -0.3 is 10.1 Å². The zero-order valence-corrected chi connectivity index (χ0v) is 15.8. The highest BCUT2D eigenvalue weighted by atomic mass is 32.2. The van der Waals surface area contributed by atoms with E-state index in [-0.39, 0.29) is 17.4 Å². The van der Waals surface area contributed by atoms with Crippen LogP contribution < -0.4 is 14.8 Å². The lowest BCUT2D eigenvalue weighted by atomic mass is 10.1. The van der Waals surface area contributed by atoms with E-state index in [0.717, 1.165) is 5.56 Å². The van der Waals surface area contributed by atoms with Crippen LogP contribution in [-0.2, 0) is 21.9 Å². The van der Waals surface area contributed by atoms with E-state index in [0.29, 0.717) is 17.1 Å². The van der Waals surface area contributed by atoms with Crippen molar-refractivity contribution in [2.24, 2.45) is 7.05 Å². The number of aromatic nitrogens is 2. The Balaban J connectivity index is 1.71. The van der Waals surface area contributed by atoms with Crippen molar-refractivity contribution in [1.29, 1.82) is 0 Å². The largest absolute Gasteiger partial charge is 0.482 e.